The summed E-state index contributed by atoms with van der Waals surface area (Å²) in [5.41, 5.74) is 2.61. The molecule has 20 heavy (non-hydrogen) atoms. The molecule has 0 unspecified atom stereocenters. The first-order chi connectivity index (χ1) is 9.51. The number of methoxy groups -OCH3 is 1. The van der Waals surface area contributed by atoms with Gasteiger partial charge in [0.2, 0.25) is 0 Å². The fourth-order valence-corrected chi connectivity index (χ4v) is 2.08. The van der Waals surface area contributed by atoms with Crippen LogP contribution in [0.3, 0.4) is 0 Å². The highest BCUT2D eigenvalue weighted by molar-refractivity contribution is 5.94. The summed E-state index contributed by atoms with van der Waals surface area (Å²) in [7, 11) is 1.63. The number of hydrogen-bond donors (Lipinski definition) is 0. The van der Waals surface area contributed by atoms with Gasteiger partial charge in [0.1, 0.15) is 17.2 Å². The second-order valence-corrected chi connectivity index (χ2v) is 4.77. The number of carbonyl (C=O) groups is 1. The molecule has 3 heteroatoms. The number of benzene rings is 2. The minimum Gasteiger partial charge on any atom is -0.497 e. The number of Topliss-reactive ketones (excluding diaryl/α,β-unsaturated/α-hetero) is 1. The van der Waals surface area contributed by atoms with E-state index in [4.69, 9.17) is 9.47 Å². The van der Waals surface area contributed by atoms with E-state index in [-0.39, 0.29) is 5.78 Å². The third kappa shape index (κ3) is 2.99. The van der Waals surface area contributed by atoms with Gasteiger partial charge < -0.3 is 9.47 Å². The maximum absolute atomic E-state index is 11.4. The SMILES string of the molecule is COc1ccc(Oc2c(C)cc(C(C)=O)cc2C)cc1. The molecule has 0 fully saturated rings. The average Bonchev–Trinajstić information content (AvgIpc) is 2.43. The Kier molecular flexibility index (Phi) is 4.08. The van der Waals surface area contributed by atoms with E-state index >= 15 is 0 Å². The van der Waals surface area contributed by atoms with E-state index in [0.29, 0.717) is 5.56 Å². The van der Waals surface area contributed by atoms with Crippen LogP contribution in [0.5, 0.6) is 17.2 Å². The Labute approximate surface area is 119 Å². The predicted octanol–water partition coefficient (Wildman–Crippen LogP) is 4.31. The van der Waals surface area contributed by atoms with Crippen molar-refractivity contribution in [2.24, 2.45) is 0 Å². The Hall–Kier alpha value is -2.29. The van der Waals surface area contributed by atoms with Crippen molar-refractivity contribution in [2.45, 2.75) is 20.8 Å². The third-order valence-corrected chi connectivity index (χ3v) is 3.15. The van der Waals surface area contributed by atoms with Gasteiger partial charge in [-0.3, -0.25) is 4.79 Å². The molecular formula is C17H18O3. The lowest BCUT2D eigenvalue weighted by molar-refractivity contribution is 0.101. The van der Waals surface area contributed by atoms with Crippen molar-refractivity contribution in [3.05, 3.63) is 53.1 Å². The molecule has 2 rings (SSSR count). The van der Waals surface area contributed by atoms with E-state index in [1.165, 1.54) is 0 Å². The summed E-state index contributed by atoms with van der Waals surface area (Å²) in [6.07, 6.45) is 0. The zero-order chi connectivity index (χ0) is 14.7. The largest absolute Gasteiger partial charge is 0.497 e. The second kappa shape index (κ2) is 5.78. The van der Waals surface area contributed by atoms with Crippen molar-refractivity contribution >= 4 is 5.78 Å². The highest BCUT2D eigenvalue weighted by Gasteiger charge is 2.10. The molecule has 2 aromatic carbocycles. The normalized spacial score (nSPS) is 10.2. The molecule has 104 valence electrons. The fourth-order valence-electron chi connectivity index (χ4n) is 2.08. The standard InChI is InChI=1S/C17H18O3/c1-11-9-14(13(3)18)10-12(2)17(11)20-16-7-5-15(19-4)6-8-16/h5-10H,1-4H3. The number of carbonyl (C=O) groups excluding carboxylic acids is 1. The zero-order valence-corrected chi connectivity index (χ0v) is 12.2. The van der Waals surface area contributed by atoms with Crippen molar-refractivity contribution in [3.8, 4) is 17.2 Å². The van der Waals surface area contributed by atoms with Crippen molar-refractivity contribution in [1.82, 2.24) is 0 Å². The van der Waals surface area contributed by atoms with Gasteiger partial charge in [-0.05, 0) is 68.3 Å². The summed E-state index contributed by atoms with van der Waals surface area (Å²) in [4.78, 5) is 11.4. The quantitative estimate of drug-likeness (QED) is 0.777. The first-order valence-electron chi connectivity index (χ1n) is 6.45. The Morgan fingerprint density at radius 2 is 1.45 bits per heavy atom. The lowest BCUT2D eigenvalue weighted by atomic mass is 10.0. The zero-order valence-electron chi connectivity index (χ0n) is 12.2. The molecule has 0 aliphatic rings. The van der Waals surface area contributed by atoms with Gasteiger partial charge in [-0.2, -0.15) is 0 Å². The first-order valence-corrected chi connectivity index (χ1v) is 6.45. The Morgan fingerprint density at radius 3 is 1.90 bits per heavy atom. The number of ketones is 1. The summed E-state index contributed by atoms with van der Waals surface area (Å²) in [6, 6.07) is 11.1. The van der Waals surface area contributed by atoms with Gasteiger partial charge in [-0.15, -0.1) is 0 Å². The van der Waals surface area contributed by atoms with E-state index in [0.717, 1.165) is 28.4 Å². The van der Waals surface area contributed by atoms with E-state index in [9.17, 15) is 4.79 Å². The van der Waals surface area contributed by atoms with Gasteiger partial charge in [-0.1, -0.05) is 0 Å². The van der Waals surface area contributed by atoms with Crippen LogP contribution in [0, 0.1) is 13.8 Å². The van der Waals surface area contributed by atoms with Crippen LogP contribution in [0.1, 0.15) is 28.4 Å². The van der Waals surface area contributed by atoms with Crippen LogP contribution in [0.4, 0.5) is 0 Å². The smallest absolute Gasteiger partial charge is 0.159 e. The number of rotatable bonds is 4. The summed E-state index contributed by atoms with van der Waals surface area (Å²) in [5, 5.41) is 0. The van der Waals surface area contributed by atoms with E-state index in [1.807, 2.05) is 50.2 Å². The van der Waals surface area contributed by atoms with Gasteiger partial charge >= 0.3 is 0 Å². The van der Waals surface area contributed by atoms with E-state index < -0.39 is 0 Å². The molecule has 0 aliphatic carbocycles. The molecule has 0 saturated carbocycles. The van der Waals surface area contributed by atoms with Crippen LogP contribution in [-0.2, 0) is 0 Å². The van der Waals surface area contributed by atoms with Crippen LogP contribution in [0.15, 0.2) is 36.4 Å². The van der Waals surface area contributed by atoms with Gasteiger partial charge in [0, 0.05) is 5.56 Å². The highest BCUT2D eigenvalue weighted by Crippen LogP contribution is 2.30. The monoisotopic (exact) mass is 270 g/mol. The lowest BCUT2D eigenvalue weighted by Gasteiger charge is -2.13. The maximum Gasteiger partial charge on any atom is 0.159 e. The Bertz CT molecular complexity index is 604. The molecule has 0 saturated heterocycles. The summed E-state index contributed by atoms with van der Waals surface area (Å²) < 4.78 is 11.0. The van der Waals surface area contributed by atoms with Crippen LogP contribution < -0.4 is 9.47 Å². The second-order valence-electron chi connectivity index (χ2n) is 4.77. The van der Waals surface area contributed by atoms with Gasteiger partial charge in [-0.25, -0.2) is 0 Å². The summed E-state index contributed by atoms with van der Waals surface area (Å²) in [5.74, 6) is 2.39. The maximum atomic E-state index is 11.4. The Morgan fingerprint density at radius 1 is 0.950 bits per heavy atom. The molecule has 0 heterocycles. The van der Waals surface area contributed by atoms with Gasteiger partial charge in [0.25, 0.3) is 0 Å². The number of ether oxygens (including phenoxy) is 2. The van der Waals surface area contributed by atoms with Crippen LogP contribution in [0.25, 0.3) is 0 Å². The van der Waals surface area contributed by atoms with Crippen LogP contribution in [0.2, 0.25) is 0 Å². The molecule has 0 bridgehead atoms. The predicted molar refractivity (Wildman–Crippen MR) is 79.0 cm³/mol. The number of hydrogen-bond acceptors (Lipinski definition) is 3. The van der Waals surface area contributed by atoms with Crippen LogP contribution in [-0.4, -0.2) is 12.9 Å². The highest BCUT2D eigenvalue weighted by atomic mass is 16.5. The van der Waals surface area contributed by atoms with Crippen LogP contribution >= 0.6 is 0 Å². The van der Waals surface area contributed by atoms with E-state index in [1.54, 1.807) is 14.0 Å². The van der Waals surface area contributed by atoms with Gasteiger partial charge in [0.15, 0.2) is 5.78 Å². The third-order valence-electron chi connectivity index (χ3n) is 3.15. The molecule has 0 spiro atoms. The summed E-state index contributed by atoms with van der Waals surface area (Å²) >= 11 is 0. The van der Waals surface area contributed by atoms with E-state index in [2.05, 4.69) is 0 Å². The Balaban J connectivity index is 2.30. The minimum atomic E-state index is 0.0622. The average molecular weight is 270 g/mol. The molecular weight excluding hydrogens is 252 g/mol. The lowest BCUT2D eigenvalue weighted by Crippen LogP contribution is -1.97. The van der Waals surface area contributed by atoms with Gasteiger partial charge in [0.05, 0.1) is 7.11 Å². The molecule has 0 aromatic heterocycles. The topological polar surface area (TPSA) is 35.5 Å². The molecule has 0 atom stereocenters. The summed E-state index contributed by atoms with van der Waals surface area (Å²) in [6.45, 7) is 5.45. The first kappa shape index (κ1) is 14.1. The van der Waals surface area contributed by atoms with Crippen molar-refractivity contribution in [3.63, 3.8) is 0 Å². The van der Waals surface area contributed by atoms with Crippen molar-refractivity contribution in [2.75, 3.05) is 7.11 Å². The molecule has 3 nitrogen and oxygen atoms in total. The molecule has 0 aliphatic heterocycles. The molecule has 0 amide bonds. The fraction of sp³-hybridized carbons (Fsp3) is 0.235. The minimum absolute atomic E-state index is 0.0622. The number of aryl methyl sites for hydroxylation is 2. The molecule has 0 N–H and O–H groups in total. The molecule has 0 radical (unpaired) electrons. The molecule has 2 aromatic rings. The van der Waals surface area contributed by atoms with Crippen molar-refractivity contribution < 1.29 is 14.3 Å². The van der Waals surface area contributed by atoms with Crippen molar-refractivity contribution in [1.29, 1.82) is 0 Å².